The third-order valence-corrected chi connectivity index (χ3v) is 8.22. The molecule has 3 aromatic carbocycles. The van der Waals surface area contributed by atoms with Gasteiger partial charge in [-0.15, -0.1) is 0 Å². The maximum absolute atomic E-state index is 13.3. The Morgan fingerprint density at radius 2 is 1.64 bits per heavy atom. The molecule has 1 aliphatic heterocycles. The van der Waals surface area contributed by atoms with Crippen molar-refractivity contribution in [3.05, 3.63) is 131 Å². The minimum atomic E-state index is 0.0125. The van der Waals surface area contributed by atoms with Gasteiger partial charge < -0.3 is 4.90 Å². The van der Waals surface area contributed by atoms with Gasteiger partial charge in [0.15, 0.2) is 5.78 Å². The first kappa shape index (κ1) is 27.5. The van der Waals surface area contributed by atoms with Gasteiger partial charge in [0.05, 0.1) is 5.52 Å². The highest BCUT2D eigenvalue weighted by molar-refractivity contribution is 5.99. The molecule has 1 aliphatic rings. The number of aryl methyl sites for hydroxylation is 1. The van der Waals surface area contributed by atoms with Crippen LogP contribution < -0.4 is 0 Å². The average Bonchev–Trinajstić information content (AvgIpc) is 2.97. The molecule has 1 amide bonds. The van der Waals surface area contributed by atoms with Crippen LogP contribution in [-0.2, 0) is 12.8 Å². The number of fused-ring (bicyclic) bond motifs is 1. The number of benzene rings is 3. The van der Waals surface area contributed by atoms with Crippen LogP contribution in [0.25, 0.3) is 22.0 Å². The second-order valence-electron chi connectivity index (χ2n) is 11.8. The van der Waals surface area contributed by atoms with Gasteiger partial charge >= 0.3 is 0 Å². The molecule has 2 aromatic heterocycles. The Bertz CT molecular complexity index is 1750. The molecule has 1 saturated heterocycles. The van der Waals surface area contributed by atoms with E-state index in [1.807, 2.05) is 66.6 Å². The summed E-state index contributed by atoms with van der Waals surface area (Å²) in [6.07, 6.45) is 4.68. The normalized spacial score (nSPS) is 13.4. The zero-order valence-corrected chi connectivity index (χ0v) is 24.4. The van der Waals surface area contributed by atoms with Crippen LogP contribution in [0, 0.1) is 12.8 Å². The first-order valence-corrected chi connectivity index (χ1v) is 14.7. The topological polar surface area (TPSA) is 63.2 Å². The van der Waals surface area contributed by atoms with Gasteiger partial charge in [-0.1, -0.05) is 62.4 Å². The fourth-order valence-corrected chi connectivity index (χ4v) is 5.72. The lowest BCUT2D eigenvalue weighted by molar-refractivity contribution is 0.0602. The van der Waals surface area contributed by atoms with E-state index in [2.05, 4.69) is 60.2 Å². The highest BCUT2D eigenvalue weighted by atomic mass is 16.2. The van der Waals surface area contributed by atoms with Gasteiger partial charge in [-0.2, -0.15) is 0 Å². The molecule has 1 fully saturated rings. The number of likely N-dealkylation sites (tertiary alicyclic amines) is 1. The number of nitrogens with zero attached hydrogens (tertiary/aromatic N) is 3. The first-order chi connectivity index (χ1) is 20.4. The van der Waals surface area contributed by atoms with E-state index in [1.54, 1.807) is 6.20 Å². The molecule has 5 nitrogen and oxygen atoms in total. The summed E-state index contributed by atoms with van der Waals surface area (Å²) in [5.74, 6) is 0.857. The van der Waals surface area contributed by atoms with Crippen LogP contribution in [0.1, 0.15) is 62.9 Å². The lowest BCUT2D eigenvalue weighted by Crippen LogP contribution is -2.48. The number of Topliss-reactive ketones (excluding diaryl/α,β-unsaturated/α-hetero) is 1. The van der Waals surface area contributed by atoms with E-state index in [-0.39, 0.29) is 18.1 Å². The van der Waals surface area contributed by atoms with Gasteiger partial charge in [0.2, 0.25) is 0 Å². The number of rotatable bonds is 8. The van der Waals surface area contributed by atoms with Crippen molar-refractivity contribution in [3.8, 4) is 11.1 Å². The lowest BCUT2D eigenvalue weighted by Gasteiger charge is -2.39. The summed E-state index contributed by atoms with van der Waals surface area (Å²) in [6.45, 7) is 7.67. The molecule has 5 heteroatoms. The molecule has 6 rings (SSSR count). The molecule has 0 atom stereocenters. The predicted octanol–water partition coefficient (Wildman–Crippen LogP) is 7.47. The SMILES string of the molecule is Cc1ccc(C(=O)N2CC(c3ccc(-c4ccnc5ccccc45)cc3)C2)cc1CC(=O)c1ccc(CC(C)C)nc1. The van der Waals surface area contributed by atoms with Crippen molar-refractivity contribution in [2.45, 2.75) is 39.5 Å². The van der Waals surface area contributed by atoms with Gasteiger partial charge in [0.1, 0.15) is 0 Å². The van der Waals surface area contributed by atoms with E-state index in [0.29, 0.717) is 36.1 Å². The maximum atomic E-state index is 13.3. The Kier molecular flexibility index (Phi) is 7.66. The zero-order chi connectivity index (χ0) is 29.2. The van der Waals surface area contributed by atoms with Gasteiger partial charge in [-0.05, 0) is 83.5 Å². The number of aromatic nitrogens is 2. The van der Waals surface area contributed by atoms with E-state index in [0.717, 1.165) is 39.7 Å². The molecule has 42 heavy (non-hydrogen) atoms. The first-order valence-electron chi connectivity index (χ1n) is 14.7. The fourth-order valence-electron chi connectivity index (χ4n) is 5.72. The Hall–Kier alpha value is -4.64. The molecule has 0 bridgehead atoms. The van der Waals surface area contributed by atoms with Crippen LogP contribution in [0.3, 0.4) is 0 Å². The van der Waals surface area contributed by atoms with Gasteiger partial charge in [-0.25, -0.2) is 0 Å². The minimum Gasteiger partial charge on any atom is -0.337 e. The zero-order valence-electron chi connectivity index (χ0n) is 24.4. The smallest absolute Gasteiger partial charge is 0.253 e. The van der Waals surface area contributed by atoms with Crippen LogP contribution in [0.4, 0.5) is 0 Å². The highest BCUT2D eigenvalue weighted by Crippen LogP contribution is 2.32. The molecule has 5 aromatic rings. The standard InChI is InChI=1S/C37H35N3O2/c1-24(2)18-32-15-14-29(21-39-32)36(41)20-30-19-28(9-8-25(30)3)37(42)40-22-31(23-40)26-10-12-27(13-11-26)33-16-17-38-35-7-5-4-6-34(33)35/h4-17,19,21,24,31H,18,20,22-23H2,1-3H3. The summed E-state index contributed by atoms with van der Waals surface area (Å²) in [6, 6.07) is 28.4. The fraction of sp³-hybridized carbons (Fsp3) is 0.243. The third kappa shape index (κ3) is 5.73. The van der Waals surface area contributed by atoms with Gasteiger partial charge in [-0.3, -0.25) is 19.6 Å². The van der Waals surface area contributed by atoms with E-state index in [4.69, 9.17) is 0 Å². The molecule has 0 aliphatic carbocycles. The van der Waals surface area contributed by atoms with Crippen molar-refractivity contribution in [2.24, 2.45) is 5.92 Å². The summed E-state index contributed by atoms with van der Waals surface area (Å²) >= 11 is 0. The average molecular weight is 554 g/mol. The molecule has 210 valence electrons. The number of carbonyl (C=O) groups is 2. The van der Waals surface area contributed by atoms with E-state index < -0.39 is 0 Å². The molecule has 0 unspecified atom stereocenters. The largest absolute Gasteiger partial charge is 0.337 e. The molecule has 0 N–H and O–H groups in total. The number of pyridine rings is 2. The van der Waals surface area contributed by atoms with E-state index in [9.17, 15) is 9.59 Å². The second kappa shape index (κ2) is 11.7. The van der Waals surface area contributed by atoms with Gasteiger partial charge in [0, 0.05) is 60.0 Å². The van der Waals surface area contributed by atoms with Crippen LogP contribution in [-0.4, -0.2) is 39.6 Å². The number of carbonyl (C=O) groups excluding carboxylic acids is 2. The van der Waals surface area contributed by atoms with E-state index in [1.165, 1.54) is 11.1 Å². The third-order valence-electron chi connectivity index (χ3n) is 8.22. The van der Waals surface area contributed by atoms with Crippen LogP contribution in [0.5, 0.6) is 0 Å². The van der Waals surface area contributed by atoms with Crippen LogP contribution in [0.2, 0.25) is 0 Å². The number of ketones is 1. The highest BCUT2D eigenvalue weighted by Gasteiger charge is 2.32. The van der Waals surface area contributed by atoms with Crippen molar-refractivity contribution in [2.75, 3.05) is 13.1 Å². The molecule has 0 radical (unpaired) electrons. The lowest BCUT2D eigenvalue weighted by atomic mass is 9.89. The summed E-state index contributed by atoms with van der Waals surface area (Å²) in [7, 11) is 0. The maximum Gasteiger partial charge on any atom is 0.253 e. The van der Waals surface area contributed by atoms with Crippen LogP contribution in [0.15, 0.2) is 97.3 Å². The van der Waals surface area contributed by atoms with Crippen molar-refractivity contribution >= 4 is 22.6 Å². The monoisotopic (exact) mass is 553 g/mol. The summed E-state index contributed by atoms with van der Waals surface area (Å²) in [4.78, 5) is 37.2. The number of hydrogen-bond acceptors (Lipinski definition) is 4. The Morgan fingerprint density at radius 3 is 2.38 bits per heavy atom. The van der Waals surface area contributed by atoms with Crippen molar-refractivity contribution in [1.82, 2.24) is 14.9 Å². The summed E-state index contributed by atoms with van der Waals surface area (Å²) in [5.41, 5.74) is 8.68. The molecule has 0 saturated carbocycles. The Morgan fingerprint density at radius 1 is 0.881 bits per heavy atom. The van der Waals surface area contributed by atoms with E-state index >= 15 is 0 Å². The minimum absolute atomic E-state index is 0.0125. The second-order valence-corrected chi connectivity index (χ2v) is 11.8. The number of amides is 1. The molecular weight excluding hydrogens is 518 g/mol. The molecule has 0 spiro atoms. The van der Waals surface area contributed by atoms with Crippen LogP contribution >= 0.6 is 0 Å². The Labute approximate surface area is 247 Å². The molecule has 3 heterocycles. The summed E-state index contributed by atoms with van der Waals surface area (Å²) in [5, 5.41) is 1.14. The summed E-state index contributed by atoms with van der Waals surface area (Å²) < 4.78 is 0. The molecular formula is C37H35N3O2. The van der Waals surface area contributed by atoms with Gasteiger partial charge in [0.25, 0.3) is 5.91 Å². The van der Waals surface area contributed by atoms with Crippen molar-refractivity contribution < 1.29 is 9.59 Å². The Balaban J connectivity index is 1.09. The van der Waals surface area contributed by atoms with Crippen molar-refractivity contribution in [1.29, 1.82) is 0 Å². The quantitative estimate of drug-likeness (QED) is 0.187. The number of para-hydroxylation sites is 1. The van der Waals surface area contributed by atoms with Crippen molar-refractivity contribution in [3.63, 3.8) is 0 Å². The predicted molar refractivity (Wildman–Crippen MR) is 168 cm³/mol. The number of hydrogen-bond donors (Lipinski definition) is 0.